The van der Waals surface area contributed by atoms with Crippen molar-refractivity contribution in [2.75, 3.05) is 5.32 Å². The van der Waals surface area contributed by atoms with Gasteiger partial charge in [0.2, 0.25) is 5.06 Å². The number of hydrogen-bond donors (Lipinski definition) is 3. The molecule has 0 spiro atoms. The Labute approximate surface area is 228 Å². The summed E-state index contributed by atoms with van der Waals surface area (Å²) in [6.45, 7) is 3.76. The minimum Gasteiger partial charge on any atom is -0.397 e. The summed E-state index contributed by atoms with van der Waals surface area (Å²) in [5, 5.41) is 9.84. The minimum absolute atomic E-state index is 0.0465. The summed E-state index contributed by atoms with van der Waals surface area (Å²) >= 11 is 2.46. The van der Waals surface area contributed by atoms with Crippen LogP contribution in [-0.2, 0) is 6.54 Å². The predicted octanol–water partition coefficient (Wildman–Crippen LogP) is 6.31. The van der Waals surface area contributed by atoms with Gasteiger partial charge in [-0.05, 0) is 62.1 Å². The quantitative estimate of drug-likeness (QED) is 0.212. The van der Waals surface area contributed by atoms with E-state index in [1.807, 2.05) is 43.3 Å². The number of rotatable bonds is 9. The number of thiophene rings is 1. The number of aromatic nitrogens is 1. The number of Topliss-reactive ketones (excluding diaryl/α,β-unsaturated/α-hetero) is 1. The van der Waals surface area contributed by atoms with Gasteiger partial charge in [-0.3, -0.25) is 9.59 Å². The number of nitrogens with zero attached hydrogens (tertiary/aromatic N) is 1. The van der Waals surface area contributed by atoms with Crippen molar-refractivity contribution in [1.29, 1.82) is 0 Å². The highest BCUT2D eigenvalue weighted by Crippen LogP contribution is 2.42. The lowest BCUT2D eigenvalue weighted by Crippen LogP contribution is -2.26. The number of ketones is 1. The van der Waals surface area contributed by atoms with Crippen molar-refractivity contribution in [3.63, 3.8) is 0 Å². The van der Waals surface area contributed by atoms with E-state index in [9.17, 15) is 14.4 Å². The first-order chi connectivity index (χ1) is 18.4. The number of nitrogens with one attached hydrogen (secondary N) is 3. The molecule has 2 aromatic heterocycles. The van der Waals surface area contributed by atoms with Crippen LogP contribution in [0, 0.1) is 6.92 Å². The molecule has 0 saturated heterocycles. The number of benzene rings is 2. The maximum absolute atomic E-state index is 12.6. The first kappa shape index (κ1) is 25.6. The molecule has 1 aliphatic carbocycles. The van der Waals surface area contributed by atoms with Crippen LogP contribution in [0.4, 0.5) is 15.6 Å². The van der Waals surface area contributed by atoms with Crippen molar-refractivity contribution in [2.24, 2.45) is 0 Å². The molecule has 3 N–H and O–H groups in total. The molecule has 0 bridgehead atoms. The minimum atomic E-state index is -0.608. The molecule has 10 heteroatoms. The number of carbonyl (C=O) groups excluding carboxylic acids is 3. The lowest BCUT2D eigenvalue weighted by atomic mass is 10.1. The topological polar surface area (TPSA) is 109 Å². The van der Waals surface area contributed by atoms with Crippen LogP contribution in [0.5, 0.6) is 5.06 Å². The number of anilines is 2. The van der Waals surface area contributed by atoms with Crippen LogP contribution in [0.1, 0.15) is 50.9 Å². The van der Waals surface area contributed by atoms with E-state index in [4.69, 9.17) is 9.72 Å². The van der Waals surface area contributed by atoms with Gasteiger partial charge < -0.3 is 20.7 Å². The zero-order valence-electron chi connectivity index (χ0n) is 20.9. The largest absolute Gasteiger partial charge is 0.413 e. The fourth-order valence-corrected chi connectivity index (χ4v) is 5.43. The van der Waals surface area contributed by atoms with E-state index in [1.54, 1.807) is 24.3 Å². The van der Waals surface area contributed by atoms with Crippen LogP contribution in [0.15, 0.2) is 60.7 Å². The molecule has 1 saturated carbocycles. The summed E-state index contributed by atoms with van der Waals surface area (Å²) in [5.74, 6) is -0.153. The van der Waals surface area contributed by atoms with Gasteiger partial charge in [0.05, 0.1) is 9.75 Å². The molecule has 5 rings (SSSR count). The monoisotopic (exact) mass is 546 g/mol. The van der Waals surface area contributed by atoms with Gasteiger partial charge in [0.15, 0.2) is 10.9 Å². The number of amides is 2. The number of ether oxygens (including phenoxy) is 1. The molecule has 4 aromatic rings. The molecular weight excluding hydrogens is 520 g/mol. The summed E-state index contributed by atoms with van der Waals surface area (Å²) in [4.78, 5) is 43.1. The number of hydrogen-bond acceptors (Lipinski definition) is 8. The summed E-state index contributed by atoms with van der Waals surface area (Å²) in [6, 6.07) is 18.8. The van der Waals surface area contributed by atoms with Crippen LogP contribution in [0.25, 0.3) is 10.6 Å². The van der Waals surface area contributed by atoms with Crippen LogP contribution in [0.3, 0.4) is 0 Å². The molecule has 2 heterocycles. The molecule has 2 amide bonds. The zero-order chi connectivity index (χ0) is 26.6. The van der Waals surface area contributed by atoms with Gasteiger partial charge in [0.25, 0.3) is 5.91 Å². The van der Waals surface area contributed by atoms with Crippen molar-refractivity contribution in [3.8, 4) is 15.6 Å². The van der Waals surface area contributed by atoms with Crippen molar-refractivity contribution in [3.05, 3.63) is 82.2 Å². The number of carbonyl (C=O) groups is 3. The Morgan fingerprint density at radius 1 is 1.03 bits per heavy atom. The highest BCUT2D eigenvalue weighted by molar-refractivity contribution is 7.20. The van der Waals surface area contributed by atoms with Crippen molar-refractivity contribution >= 4 is 51.3 Å². The molecule has 0 atom stereocenters. The standard InChI is InChI=1S/C28H26N4O4S2/c1-16-8-9-19(25(34)30-20-10-11-20)14-21(16)31-27-32-24(23-13-12-22(37-23)17(2)33)26(38-27)36-28(35)29-15-18-6-4-3-5-7-18/h3-9,12-14,20H,10-11,15H2,1-2H3,(H,29,35)(H,30,34)(H,31,32). The molecule has 0 radical (unpaired) electrons. The number of thiazole rings is 1. The first-order valence-electron chi connectivity index (χ1n) is 12.2. The Morgan fingerprint density at radius 3 is 2.53 bits per heavy atom. The molecule has 0 aliphatic heterocycles. The van der Waals surface area contributed by atoms with E-state index >= 15 is 0 Å². The van der Waals surface area contributed by atoms with E-state index in [0.29, 0.717) is 37.8 Å². The Hall–Kier alpha value is -4.02. The van der Waals surface area contributed by atoms with Gasteiger partial charge in [0.1, 0.15) is 5.69 Å². The Kier molecular flexibility index (Phi) is 7.52. The van der Waals surface area contributed by atoms with Crippen molar-refractivity contribution in [1.82, 2.24) is 15.6 Å². The Morgan fingerprint density at radius 2 is 1.82 bits per heavy atom. The fraction of sp³-hybridized carbons (Fsp3) is 0.214. The second kappa shape index (κ2) is 11.2. The smallest absolute Gasteiger partial charge is 0.397 e. The van der Waals surface area contributed by atoms with Crippen LogP contribution >= 0.6 is 22.7 Å². The average molecular weight is 547 g/mol. The second-order valence-corrected chi connectivity index (χ2v) is 11.1. The van der Waals surface area contributed by atoms with Crippen LogP contribution in [0.2, 0.25) is 0 Å². The highest BCUT2D eigenvalue weighted by atomic mass is 32.1. The molecule has 1 fully saturated rings. The van der Waals surface area contributed by atoms with Gasteiger partial charge in [-0.15, -0.1) is 11.3 Å². The van der Waals surface area contributed by atoms with Gasteiger partial charge in [-0.2, -0.15) is 0 Å². The lowest BCUT2D eigenvalue weighted by molar-refractivity contribution is 0.0950. The third kappa shape index (κ3) is 6.27. The molecule has 8 nitrogen and oxygen atoms in total. The van der Waals surface area contributed by atoms with E-state index < -0.39 is 6.09 Å². The lowest BCUT2D eigenvalue weighted by Gasteiger charge is -2.10. The van der Waals surface area contributed by atoms with Crippen LogP contribution in [-0.4, -0.2) is 28.8 Å². The van der Waals surface area contributed by atoms with Gasteiger partial charge in [0, 0.05) is 23.8 Å². The first-order valence-corrected chi connectivity index (χ1v) is 13.8. The molecular formula is C28H26N4O4S2. The normalized spacial score (nSPS) is 12.6. The zero-order valence-corrected chi connectivity index (χ0v) is 22.5. The summed E-state index contributed by atoms with van der Waals surface area (Å²) in [7, 11) is 0. The molecule has 1 aliphatic rings. The predicted molar refractivity (Wildman–Crippen MR) is 150 cm³/mol. The van der Waals surface area contributed by atoms with Gasteiger partial charge >= 0.3 is 6.09 Å². The Bertz CT molecular complexity index is 1490. The average Bonchev–Trinajstić information content (AvgIpc) is 3.42. The Balaban J connectivity index is 1.39. The third-order valence-electron chi connectivity index (χ3n) is 5.90. The van der Waals surface area contributed by atoms with Crippen molar-refractivity contribution < 1.29 is 19.1 Å². The van der Waals surface area contributed by atoms with E-state index in [2.05, 4.69) is 16.0 Å². The van der Waals surface area contributed by atoms with E-state index in [1.165, 1.54) is 29.6 Å². The molecule has 2 aromatic carbocycles. The molecule has 194 valence electrons. The van der Waals surface area contributed by atoms with Gasteiger partial charge in [-0.1, -0.05) is 47.7 Å². The van der Waals surface area contributed by atoms with Crippen molar-refractivity contribution in [2.45, 2.75) is 39.3 Å². The highest BCUT2D eigenvalue weighted by Gasteiger charge is 2.24. The van der Waals surface area contributed by atoms with E-state index in [0.717, 1.165) is 29.7 Å². The molecule has 0 unspecified atom stereocenters. The SMILES string of the molecule is CC(=O)c1ccc(-c2nc(Nc3cc(C(=O)NC4CC4)ccc3C)sc2OC(=O)NCc2ccccc2)s1. The fourth-order valence-electron chi connectivity index (χ4n) is 3.64. The maximum Gasteiger partial charge on any atom is 0.413 e. The van der Waals surface area contributed by atoms with Crippen LogP contribution < -0.4 is 20.7 Å². The second-order valence-electron chi connectivity index (χ2n) is 9.01. The summed E-state index contributed by atoms with van der Waals surface area (Å²) < 4.78 is 5.68. The maximum atomic E-state index is 12.6. The molecule has 38 heavy (non-hydrogen) atoms. The third-order valence-corrected chi connectivity index (χ3v) is 7.94. The number of aryl methyl sites for hydroxylation is 1. The summed E-state index contributed by atoms with van der Waals surface area (Å²) in [5.41, 5.74) is 3.63. The van der Waals surface area contributed by atoms with E-state index in [-0.39, 0.29) is 17.7 Å². The summed E-state index contributed by atoms with van der Waals surface area (Å²) in [6.07, 6.45) is 1.42. The van der Waals surface area contributed by atoms with Gasteiger partial charge in [-0.25, -0.2) is 9.78 Å².